The topological polar surface area (TPSA) is 82.5 Å². The molecule has 3 aromatic rings. The number of esters is 1. The summed E-state index contributed by atoms with van der Waals surface area (Å²) >= 11 is 0. The zero-order valence-corrected chi connectivity index (χ0v) is 22.4. The number of fused-ring (bicyclic) bond motifs is 5. The van der Waals surface area contributed by atoms with Crippen LogP contribution >= 0.6 is 0 Å². The lowest BCUT2D eigenvalue weighted by molar-refractivity contribution is -0.187. The standard InChI is InChI=1S/C27H27FN2O4.C2H7N/c1-5-27(34-13(2)3)19-9-22-24-17(11-30(22)25(31)18(19)12-33-26(27)32)16-8-6-7-15-14(4)20(28)10-21(29-24)23(15)16;1-3-2/h9-10,13H,5-8,11-12H2,1-4H3;3H,1-2H3/t27-;/m0./s1. The molecule has 0 bridgehead atoms. The molecule has 196 valence electrons. The number of hydrogen-bond acceptors (Lipinski definition) is 6. The predicted molar refractivity (Wildman–Crippen MR) is 140 cm³/mol. The van der Waals surface area contributed by atoms with Gasteiger partial charge < -0.3 is 19.4 Å². The van der Waals surface area contributed by atoms with E-state index in [1.54, 1.807) is 4.57 Å². The van der Waals surface area contributed by atoms with Crippen LogP contribution in [0.25, 0.3) is 22.3 Å². The molecule has 0 unspecified atom stereocenters. The summed E-state index contributed by atoms with van der Waals surface area (Å²) in [5.41, 5.74) is 5.40. The Morgan fingerprint density at radius 1 is 1.16 bits per heavy atom. The number of benzene rings is 1. The van der Waals surface area contributed by atoms with Gasteiger partial charge in [-0.25, -0.2) is 14.2 Å². The van der Waals surface area contributed by atoms with Gasteiger partial charge >= 0.3 is 5.97 Å². The van der Waals surface area contributed by atoms with Crippen molar-refractivity contribution in [3.05, 3.63) is 61.7 Å². The van der Waals surface area contributed by atoms with Crippen LogP contribution in [0.2, 0.25) is 0 Å². The van der Waals surface area contributed by atoms with Crippen LogP contribution < -0.4 is 10.9 Å². The van der Waals surface area contributed by atoms with Gasteiger partial charge in [0.1, 0.15) is 12.4 Å². The monoisotopic (exact) mass is 507 g/mol. The van der Waals surface area contributed by atoms with Gasteiger partial charge in [0.05, 0.1) is 35.1 Å². The highest BCUT2D eigenvalue weighted by Crippen LogP contribution is 2.44. The van der Waals surface area contributed by atoms with E-state index in [2.05, 4.69) is 5.32 Å². The molecular formula is C29H34FN3O4. The minimum atomic E-state index is -1.33. The lowest BCUT2D eigenvalue weighted by Crippen LogP contribution is -2.47. The van der Waals surface area contributed by atoms with Gasteiger partial charge in [-0.15, -0.1) is 0 Å². The molecule has 8 heteroatoms. The number of pyridine rings is 2. The predicted octanol–water partition coefficient (Wildman–Crippen LogP) is 4.28. The van der Waals surface area contributed by atoms with Crippen molar-refractivity contribution in [2.75, 3.05) is 14.1 Å². The van der Waals surface area contributed by atoms with Crippen molar-refractivity contribution < 1.29 is 18.7 Å². The van der Waals surface area contributed by atoms with Crippen molar-refractivity contribution >= 4 is 16.9 Å². The first-order valence-electron chi connectivity index (χ1n) is 13.0. The molecule has 0 saturated carbocycles. The van der Waals surface area contributed by atoms with Crippen LogP contribution in [0.4, 0.5) is 4.39 Å². The largest absolute Gasteiger partial charge is 0.458 e. The molecule has 37 heavy (non-hydrogen) atoms. The van der Waals surface area contributed by atoms with Crippen molar-refractivity contribution in [3.8, 4) is 11.4 Å². The number of hydrogen-bond donors (Lipinski definition) is 1. The van der Waals surface area contributed by atoms with Gasteiger partial charge in [-0.2, -0.15) is 0 Å². The fraction of sp³-hybridized carbons (Fsp3) is 0.483. The van der Waals surface area contributed by atoms with Crippen LogP contribution in [0.3, 0.4) is 0 Å². The molecule has 1 aromatic carbocycles. The first kappa shape index (κ1) is 25.5. The zero-order valence-electron chi connectivity index (χ0n) is 22.4. The highest BCUT2D eigenvalue weighted by atomic mass is 19.1. The number of aryl methyl sites for hydroxylation is 2. The van der Waals surface area contributed by atoms with Crippen LogP contribution in [0, 0.1) is 12.7 Å². The van der Waals surface area contributed by atoms with Crippen molar-refractivity contribution in [2.24, 2.45) is 0 Å². The second kappa shape index (κ2) is 9.33. The summed E-state index contributed by atoms with van der Waals surface area (Å²) in [5, 5.41) is 3.79. The minimum absolute atomic E-state index is 0.0658. The van der Waals surface area contributed by atoms with E-state index in [4.69, 9.17) is 14.5 Å². The normalized spacial score (nSPS) is 19.2. The average Bonchev–Trinajstić information content (AvgIpc) is 3.24. The third kappa shape index (κ3) is 3.72. The summed E-state index contributed by atoms with van der Waals surface area (Å²) in [6.45, 7) is 7.77. The minimum Gasteiger partial charge on any atom is -0.458 e. The molecule has 7 nitrogen and oxygen atoms in total. The summed E-state index contributed by atoms with van der Waals surface area (Å²) in [5.74, 6) is -0.718. The number of nitrogens with one attached hydrogen (secondary N) is 1. The SMILES string of the molecule is CC[C@@]1(OC(C)C)C(=O)OCc2c1cc1n(c2=O)Cc2c-1nc1cc(F)c(C)c3c1c2CCC3.CNC. The number of halogens is 1. The first-order valence-corrected chi connectivity index (χ1v) is 13.0. The maximum absolute atomic E-state index is 14.7. The zero-order chi connectivity index (χ0) is 26.6. The van der Waals surface area contributed by atoms with E-state index < -0.39 is 11.6 Å². The Balaban J connectivity index is 0.000000892. The van der Waals surface area contributed by atoms with Gasteiger partial charge in [-0.1, -0.05) is 6.92 Å². The summed E-state index contributed by atoms with van der Waals surface area (Å²) in [4.78, 5) is 31.5. The van der Waals surface area contributed by atoms with Gasteiger partial charge in [-0.3, -0.25) is 4.79 Å². The second-order valence-electron chi connectivity index (χ2n) is 10.4. The van der Waals surface area contributed by atoms with Crippen LogP contribution in [0.1, 0.15) is 67.0 Å². The number of carbonyl (C=O) groups excluding carboxylic acids is 1. The van der Waals surface area contributed by atoms with Gasteiger partial charge in [0.15, 0.2) is 5.60 Å². The van der Waals surface area contributed by atoms with Crippen LogP contribution in [0.5, 0.6) is 0 Å². The van der Waals surface area contributed by atoms with Crippen LogP contribution in [0.15, 0.2) is 16.9 Å². The van der Waals surface area contributed by atoms with Crippen molar-refractivity contribution in [3.63, 3.8) is 0 Å². The summed E-state index contributed by atoms with van der Waals surface area (Å²) in [7, 11) is 3.75. The Bertz CT molecular complexity index is 1490. The molecule has 6 rings (SSSR count). The Kier molecular flexibility index (Phi) is 6.44. The molecule has 0 saturated heterocycles. The van der Waals surface area contributed by atoms with E-state index in [9.17, 15) is 14.0 Å². The fourth-order valence-corrected chi connectivity index (χ4v) is 6.10. The van der Waals surface area contributed by atoms with E-state index in [1.807, 2.05) is 47.9 Å². The van der Waals surface area contributed by atoms with Gasteiger partial charge in [-0.05, 0) is 83.3 Å². The van der Waals surface area contributed by atoms with Crippen LogP contribution in [-0.4, -0.2) is 35.7 Å². The van der Waals surface area contributed by atoms with Crippen molar-refractivity contribution in [1.29, 1.82) is 0 Å². The smallest absolute Gasteiger partial charge is 0.343 e. The maximum Gasteiger partial charge on any atom is 0.343 e. The van der Waals surface area contributed by atoms with Crippen LogP contribution in [-0.2, 0) is 45.9 Å². The Morgan fingerprint density at radius 3 is 2.54 bits per heavy atom. The fourth-order valence-electron chi connectivity index (χ4n) is 6.10. The third-order valence-corrected chi connectivity index (χ3v) is 7.68. The molecular weight excluding hydrogens is 473 g/mol. The molecule has 1 N–H and O–H groups in total. The first-order chi connectivity index (χ1) is 17.7. The third-order valence-electron chi connectivity index (χ3n) is 7.68. The molecule has 1 atom stereocenters. The summed E-state index contributed by atoms with van der Waals surface area (Å²) in [6, 6.07) is 3.40. The lowest BCUT2D eigenvalue weighted by atomic mass is 9.84. The van der Waals surface area contributed by atoms with E-state index >= 15 is 0 Å². The number of rotatable bonds is 3. The molecule has 1 aliphatic carbocycles. The highest BCUT2D eigenvalue weighted by molar-refractivity contribution is 5.92. The molecule has 0 radical (unpaired) electrons. The molecule has 2 aliphatic heterocycles. The van der Waals surface area contributed by atoms with Gasteiger partial charge in [0, 0.05) is 22.6 Å². The number of cyclic esters (lactones) is 1. The summed E-state index contributed by atoms with van der Waals surface area (Å²) in [6.07, 6.45) is 2.75. The summed E-state index contributed by atoms with van der Waals surface area (Å²) < 4.78 is 28.1. The molecule has 0 amide bonds. The Morgan fingerprint density at radius 2 is 1.86 bits per heavy atom. The average molecular weight is 508 g/mol. The van der Waals surface area contributed by atoms with E-state index in [1.165, 1.54) is 6.07 Å². The maximum atomic E-state index is 14.7. The van der Waals surface area contributed by atoms with E-state index in [-0.39, 0.29) is 24.1 Å². The number of nitrogens with zero attached hydrogens (tertiary/aromatic N) is 2. The van der Waals surface area contributed by atoms with E-state index in [0.717, 1.165) is 41.3 Å². The van der Waals surface area contributed by atoms with Gasteiger partial charge in [0.25, 0.3) is 5.56 Å². The quantitative estimate of drug-likeness (QED) is 0.417. The highest BCUT2D eigenvalue weighted by Gasteiger charge is 2.48. The van der Waals surface area contributed by atoms with Gasteiger partial charge in [0.2, 0.25) is 0 Å². The molecule has 0 fully saturated rings. The lowest BCUT2D eigenvalue weighted by Gasteiger charge is -2.37. The number of carbonyl (C=O) groups is 1. The molecule has 2 aromatic heterocycles. The number of ether oxygens (including phenoxy) is 2. The van der Waals surface area contributed by atoms with E-state index in [0.29, 0.717) is 46.6 Å². The van der Waals surface area contributed by atoms with Crippen molar-refractivity contribution in [2.45, 2.75) is 78.2 Å². The van der Waals surface area contributed by atoms with Crippen molar-refractivity contribution in [1.82, 2.24) is 14.9 Å². The molecule has 0 spiro atoms. The molecule has 3 aliphatic rings. The Hall–Kier alpha value is -3.10. The molecule has 4 heterocycles. The number of aromatic nitrogens is 2. The second-order valence-corrected chi connectivity index (χ2v) is 10.4. The Labute approximate surface area is 216 Å².